The first-order valence-electron chi connectivity index (χ1n) is 7.43. The molecule has 1 fully saturated rings. The van der Waals surface area contributed by atoms with Gasteiger partial charge in [-0.25, -0.2) is 12.7 Å². The molecule has 0 amide bonds. The third-order valence-electron chi connectivity index (χ3n) is 4.33. The van der Waals surface area contributed by atoms with E-state index in [-0.39, 0.29) is 11.9 Å². The number of piperidine rings is 1. The van der Waals surface area contributed by atoms with Gasteiger partial charge in [0.25, 0.3) is 0 Å². The summed E-state index contributed by atoms with van der Waals surface area (Å²) in [5.74, 6) is 0.137. The lowest BCUT2D eigenvalue weighted by Crippen LogP contribution is -2.40. The van der Waals surface area contributed by atoms with E-state index >= 15 is 0 Å². The zero-order chi connectivity index (χ0) is 16.5. The summed E-state index contributed by atoms with van der Waals surface area (Å²) >= 11 is 0. The summed E-state index contributed by atoms with van der Waals surface area (Å²) in [6, 6.07) is 3.95. The van der Waals surface area contributed by atoms with Crippen LogP contribution in [0.25, 0.3) is 0 Å². The molecule has 1 saturated heterocycles. The number of esters is 1. The fraction of sp³-hybridized carbons (Fsp3) is 0.562. The monoisotopic (exact) mass is 325 g/mol. The summed E-state index contributed by atoms with van der Waals surface area (Å²) in [7, 11) is -3.17. The Kier molecular flexibility index (Phi) is 4.92. The van der Waals surface area contributed by atoms with Crippen LogP contribution in [0.1, 0.15) is 29.5 Å². The largest absolute Gasteiger partial charge is 0.426 e. The Morgan fingerprint density at radius 1 is 1.14 bits per heavy atom. The van der Waals surface area contributed by atoms with E-state index in [1.807, 2.05) is 32.9 Å². The van der Waals surface area contributed by atoms with Crippen LogP contribution in [0, 0.1) is 26.7 Å². The van der Waals surface area contributed by atoms with Gasteiger partial charge in [-0.15, -0.1) is 0 Å². The van der Waals surface area contributed by atoms with E-state index in [9.17, 15) is 13.2 Å². The van der Waals surface area contributed by atoms with Crippen molar-refractivity contribution in [2.24, 2.45) is 5.92 Å². The topological polar surface area (TPSA) is 63.7 Å². The van der Waals surface area contributed by atoms with Gasteiger partial charge in [0.15, 0.2) is 0 Å². The van der Waals surface area contributed by atoms with E-state index < -0.39 is 10.0 Å². The van der Waals surface area contributed by atoms with Gasteiger partial charge in [-0.3, -0.25) is 4.79 Å². The summed E-state index contributed by atoms with van der Waals surface area (Å²) in [5.41, 5.74) is 2.99. The molecule has 0 aliphatic carbocycles. The van der Waals surface area contributed by atoms with Gasteiger partial charge in [0.2, 0.25) is 10.0 Å². The molecular formula is C16H23NO4S. The quantitative estimate of drug-likeness (QED) is 0.631. The summed E-state index contributed by atoms with van der Waals surface area (Å²) < 4.78 is 30.0. The third-order valence-corrected chi connectivity index (χ3v) is 5.64. The number of hydrogen-bond donors (Lipinski definition) is 0. The van der Waals surface area contributed by atoms with Crippen LogP contribution in [-0.4, -0.2) is 38.0 Å². The smallest absolute Gasteiger partial charge is 0.314 e. The SMILES string of the molecule is Cc1ccc(C)c(OC(=O)C2CCN(S(C)(=O)=O)CC2)c1C. The zero-order valence-electron chi connectivity index (χ0n) is 13.5. The summed E-state index contributed by atoms with van der Waals surface area (Å²) in [5, 5.41) is 0. The van der Waals surface area contributed by atoms with Gasteiger partial charge in [-0.1, -0.05) is 12.1 Å². The minimum atomic E-state index is -3.17. The normalized spacial score (nSPS) is 17.5. The van der Waals surface area contributed by atoms with Gasteiger partial charge < -0.3 is 4.74 Å². The second-order valence-electron chi connectivity index (χ2n) is 6.01. The van der Waals surface area contributed by atoms with E-state index in [0.717, 1.165) is 16.7 Å². The lowest BCUT2D eigenvalue weighted by molar-refractivity contribution is -0.140. The Hall–Kier alpha value is -1.40. The van der Waals surface area contributed by atoms with Gasteiger partial charge in [0, 0.05) is 13.1 Å². The van der Waals surface area contributed by atoms with E-state index in [1.165, 1.54) is 10.6 Å². The highest BCUT2D eigenvalue weighted by molar-refractivity contribution is 7.88. The van der Waals surface area contributed by atoms with Gasteiger partial charge in [0.05, 0.1) is 12.2 Å². The van der Waals surface area contributed by atoms with Crippen molar-refractivity contribution in [2.75, 3.05) is 19.3 Å². The highest BCUT2D eigenvalue weighted by Gasteiger charge is 2.30. The lowest BCUT2D eigenvalue weighted by Gasteiger charge is -2.29. The maximum absolute atomic E-state index is 12.3. The number of carbonyl (C=O) groups is 1. The van der Waals surface area contributed by atoms with Crippen LogP contribution in [0.5, 0.6) is 5.75 Å². The van der Waals surface area contributed by atoms with Crippen LogP contribution < -0.4 is 4.74 Å². The number of nitrogens with zero attached hydrogens (tertiary/aromatic N) is 1. The Labute approximate surface area is 132 Å². The number of sulfonamides is 1. The highest BCUT2D eigenvalue weighted by atomic mass is 32.2. The minimum absolute atomic E-state index is 0.239. The predicted octanol–water partition coefficient (Wildman–Crippen LogP) is 2.19. The molecule has 0 atom stereocenters. The standard InChI is InChI=1S/C16H23NO4S/c1-11-5-6-12(2)15(13(11)3)21-16(18)14-7-9-17(10-8-14)22(4,19)20/h5-6,14H,7-10H2,1-4H3. The van der Waals surface area contributed by atoms with E-state index in [4.69, 9.17) is 4.74 Å². The van der Waals surface area contributed by atoms with Crippen molar-refractivity contribution in [1.29, 1.82) is 0 Å². The first-order chi connectivity index (χ1) is 10.2. The van der Waals surface area contributed by atoms with Crippen LogP contribution in [0.15, 0.2) is 12.1 Å². The molecule has 1 heterocycles. The number of ether oxygens (including phenoxy) is 1. The molecule has 0 bridgehead atoms. The molecule has 0 N–H and O–H groups in total. The molecule has 1 aliphatic heterocycles. The average Bonchev–Trinajstić information content (AvgIpc) is 2.46. The fourth-order valence-corrected chi connectivity index (χ4v) is 3.56. The number of aryl methyl sites for hydroxylation is 2. The maximum atomic E-state index is 12.3. The third kappa shape index (κ3) is 3.67. The molecule has 0 radical (unpaired) electrons. The Bertz CT molecular complexity index is 674. The molecule has 1 aliphatic rings. The van der Waals surface area contributed by atoms with Gasteiger partial charge in [-0.2, -0.15) is 0 Å². The predicted molar refractivity (Wildman–Crippen MR) is 85.4 cm³/mol. The van der Waals surface area contributed by atoms with Crippen molar-refractivity contribution in [3.8, 4) is 5.75 Å². The molecule has 0 aromatic heterocycles. The van der Waals surface area contributed by atoms with Crippen LogP contribution in [0.2, 0.25) is 0 Å². The zero-order valence-corrected chi connectivity index (χ0v) is 14.4. The maximum Gasteiger partial charge on any atom is 0.314 e. The van der Waals surface area contributed by atoms with Crippen LogP contribution in [0.4, 0.5) is 0 Å². The van der Waals surface area contributed by atoms with Crippen molar-refractivity contribution >= 4 is 16.0 Å². The molecule has 1 aromatic carbocycles. The second-order valence-corrected chi connectivity index (χ2v) is 7.99. The average molecular weight is 325 g/mol. The van der Waals surface area contributed by atoms with E-state index in [1.54, 1.807) is 0 Å². The molecule has 0 spiro atoms. The molecule has 122 valence electrons. The van der Waals surface area contributed by atoms with Crippen molar-refractivity contribution in [2.45, 2.75) is 33.6 Å². The van der Waals surface area contributed by atoms with Crippen LogP contribution >= 0.6 is 0 Å². The first-order valence-corrected chi connectivity index (χ1v) is 9.28. The first kappa shape index (κ1) is 17.0. The van der Waals surface area contributed by atoms with Gasteiger partial charge in [-0.05, 0) is 50.3 Å². The lowest BCUT2D eigenvalue weighted by atomic mass is 9.98. The van der Waals surface area contributed by atoms with Crippen LogP contribution in [0.3, 0.4) is 0 Å². The Morgan fingerprint density at radius 2 is 1.68 bits per heavy atom. The summed E-state index contributed by atoms with van der Waals surface area (Å²) in [6.45, 7) is 6.60. The van der Waals surface area contributed by atoms with E-state index in [2.05, 4.69) is 0 Å². The molecule has 6 heteroatoms. The number of rotatable bonds is 3. The van der Waals surface area contributed by atoms with E-state index in [0.29, 0.717) is 31.7 Å². The molecule has 0 saturated carbocycles. The van der Waals surface area contributed by atoms with Gasteiger partial charge >= 0.3 is 5.97 Å². The van der Waals surface area contributed by atoms with Crippen molar-refractivity contribution in [1.82, 2.24) is 4.31 Å². The molecule has 1 aromatic rings. The Balaban J connectivity index is 2.05. The minimum Gasteiger partial charge on any atom is -0.426 e. The molecule has 5 nitrogen and oxygen atoms in total. The van der Waals surface area contributed by atoms with Gasteiger partial charge in [0.1, 0.15) is 5.75 Å². The summed E-state index contributed by atoms with van der Waals surface area (Å²) in [4.78, 5) is 12.3. The number of carbonyl (C=O) groups excluding carboxylic acids is 1. The summed E-state index contributed by atoms with van der Waals surface area (Å²) in [6.07, 6.45) is 2.22. The van der Waals surface area contributed by atoms with Crippen molar-refractivity contribution < 1.29 is 17.9 Å². The van der Waals surface area contributed by atoms with Crippen molar-refractivity contribution in [3.05, 3.63) is 28.8 Å². The number of benzene rings is 1. The molecule has 2 rings (SSSR count). The van der Waals surface area contributed by atoms with Crippen LogP contribution in [-0.2, 0) is 14.8 Å². The Morgan fingerprint density at radius 3 is 2.23 bits per heavy atom. The highest BCUT2D eigenvalue weighted by Crippen LogP contribution is 2.28. The molecule has 0 unspecified atom stereocenters. The fourth-order valence-electron chi connectivity index (χ4n) is 2.69. The molecular weight excluding hydrogens is 302 g/mol. The second kappa shape index (κ2) is 6.38. The van der Waals surface area contributed by atoms with Crippen molar-refractivity contribution in [3.63, 3.8) is 0 Å². The molecule has 22 heavy (non-hydrogen) atoms. The number of hydrogen-bond acceptors (Lipinski definition) is 4.